The summed E-state index contributed by atoms with van der Waals surface area (Å²) in [7, 11) is 0. The van der Waals surface area contributed by atoms with E-state index < -0.39 is 0 Å². The molecule has 2 heteroatoms. The fraction of sp³-hybridized carbons (Fsp3) is 0.400. The van der Waals surface area contributed by atoms with Gasteiger partial charge in [0.1, 0.15) is 0 Å². The minimum absolute atomic E-state index is 0.0301. The van der Waals surface area contributed by atoms with E-state index in [1.807, 2.05) is 0 Å². The lowest BCUT2D eigenvalue weighted by atomic mass is 9.72. The van der Waals surface area contributed by atoms with Crippen LogP contribution in [0.15, 0.2) is 36.4 Å². The van der Waals surface area contributed by atoms with Gasteiger partial charge < -0.3 is 10.6 Å². The quantitative estimate of drug-likeness (QED) is 0.788. The molecule has 1 aliphatic rings. The number of hydrogen-bond acceptors (Lipinski definition) is 2. The minimum atomic E-state index is -0.0301. The van der Waals surface area contributed by atoms with Gasteiger partial charge in [0, 0.05) is 17.1 Å². The largest absolute Gasteiger partial charge is 0.397 e. The van der Waals surface area contributed by atoms with Gasteiger partial charge in [0.15, 0.2) is 0 Å². The molecule has 0 atom stereocenters. The number of anilines is 3. The molecular weight excluding hydrogens is 268 g/mol. The first-order valence-corrected chi connectivity index (χ1v) is 8.20. The maximum Gasteiger partial charge on any atom is 0.0691 e. The third kappa shape index (κ3) is 1.93. The SMILES string of the molecule is CCc1ccc2c(c1N)N(C(C)C)c1ccccc1C2(C)C. The number of aryl methyl sites for hydroxylation is 1. The van der Waals surface area contributed by atoms with Crippen molar-refractivity contribution in [2.45, 2.75) is 52.5 Å². The van der Waals surface area contributed by atoms with Gasteiger partial charge in [0.05, 0.1) is 11.4 Å². The van der Waals surface area contributed by atoms with E-state index in [0.29, 0.717) is 6.04 Å². The van der Waals surface area contributed by atoms with E-state index in [2.05, 4.69) is 75.9 Å². The third-order valence-electron chi connectivity index (χ3n) is 4.96. The van der Waals surface area contributed by atoms with Crippen LogP contribution in [0, 0.1) is 0 Å². The van der Waals surface area contributed by atoms with Gasteiger partial charge in [-0.05, 0) is 43.0 Å². The number of fused-ring (bicyclic) bond motifs is 2. The molecule has 0 aromatic heterocycles. The highest BCUT2D eigenvalue weighted by Gasteiger charge is 2.38. The maximum atomic E-state index is 6.58. The first kappa shape index (κ1) is 15.0. The first-order chi connectivity index (χ1) is 10.4. The number of rotatable bonds is 2. The molecule has 0 saturated heterocycles. The van der Waals surface area contributed by atoms with Gasteiger partial charge in [0.2, 0.25) is 0 Å². The Morgan fingerprint density at radius 3 is 2.36 bits per heavy atom. The average molecular weight is 294 g/mol. The van der Waals surface area contributed by atoms with Crippen LogP contribution in [0.5, 0.6) is 0 Å². The summed E-state index contributed by atoms with van der Waals surface area (Å²) < 4.78 is 0. The van der Waals surface area contributed by atoms with E-state index in [4.69, 9.17) is 5.73 Å². The van der Waals surface area contributed by atoms with Crippen LogP contribution in [0.1, 0.15) is 51.3 Å². The van der Waals surface area contributed by atoms with Gasteiger partial charge in [-0.15, -0.1) is 0 Å². The summed E-state index contributed by atoms with van der Waals surface area (Å²) in [5, 5.41) is 0. The summed E-state index contributed by atoms with van der Waals surface area (Å²) in [5.41, 5.74) is 13.9. The van der Waals surface area contributed by atoms with Crippen LogP contribution in [0.2, 0.25) is 0 Å². The molecular formula is C20H26N2. The van der Waals surface area contributed by atoms with Crippen molar-refractivity contribution in [3.63, 3.8) is 0 Å². The lowest BCUT2D eigenvalue weighted by Crippen LogP contribution is -2.37. The van der Waals surface area contributed by atoms with Crippen LogP contribution in [0.4, 0.5) is 17.1 Å². The molecule has 2 N–H and O–H groups in total. The molecule has 2 aromatic carbocycles. The Bertz CT molecular complexity index is 714. The Labute approximate surface area is 134 Å². The van der Waals surface area contributed by atoms with Crippen molar-refractivity contribution in [3.05, 3.63) is 53.1 Å². The van der Waals surface area contributed by atoms with Crippen molar-refractivity contribution in [2.75, 3.05) is 10.6 Å². The maximum absolute atomic E-state index is 6.58. The molecule has 3 rings (SSSR count). The van der Waals surface area contributed by atoms with Crippen molar-refractivity contribution in [2.24, 2.45) is 0 Å². The third-order valence-corrected chi connectivity index (χ3v) is 4.96. The van der Waals surface area contributed by atoms with Crippen molar-refractivity contribution >= 4 is 17.1 Å². The fourth-order valence-corrected chi connectivity index (χ4v) is 3.74. The molecule has 22 heavy (non-hydrogen) atoms. The highest BCUT2D eigenvalue weighted by molar-refractivity contribution is 5.87. The lowest BCUT2D eigenvalue weighted by Gasteiger charge is -2.44. The zero-order valence-electron chi connectivity index (χ0n) is 14.3. The number of nitrogen functional groups attached to an aromatic ring is 1. The molecule has 0 bridgehead atoms. The van der Waals surface area contributed by atoms with E-state index in [0.717, 1.165) is 12.1 Å². The number of para-hydroxylation sites is 1. The van der Waals surface area contributed by atoms with Gasteiger partial charge in [-0.25, -0.2) is 0 Å². The van der Waals surface area contributed by atoms with Gasteiger partial charge in [-0.3, -0.25) is 0 Å². The number of nitrogens with two attached hydrogens (primary N) is 1. The van der Waals surface area contributed by atoms with Crippen molar-refractivity contribution in [1.82, 2.24) is 0 Å². The van der Waals surface area contributed by atoms with Crippen molar-refractivity contribution < 1.29 is 0 Å². The highest BCUT2D eigenvalue weighted by atomic mass is 15.2. The van der Waals surface area contributed by atoms with Crippen LogP contribution >= 0.6 is 0 Å². The molecule has 0 amide bonds. The van der Waals surface area contributed by atoms with Crippen LogP contribution in [0.3, 0.4) is 0 Å². The monoisotopic (exact) mass is 294 g/mol. The second-order valence-corrected chi connectivity index (χ2v) is 6.99. The van der Waals surface area contributed by atoms with E-state index in [1.165, 1.54) is 28.1 Å². The summed E-state index contributed by atoms with van der Waals surface area (Å²) in [5.74, 6) is 0. The number of nitrogens with zero attached hydrogens (tertiary/aromatic N) is 1. The smallest absolute Gasteiger partial charge is 0.0691 e. The predicted molar refractivity (Wildman–Crippen MR) is 96.1 cm³/mol. The summed E-state index contributed by atoms with van der Waals surface area (Å²) in [6.07, 6.45) is 0.965. The molecule has 0 unspecified atom stereocenters. The Kier molecular flexibility index (Phi) is 3.43. The molecule has 0 saturated carbocycles. The summed E-state index contributed by atoms with van der Waals surface area (Å²) in [6.45, 7) is 11.2. The van der Waals surface area contributed by atoms with Crippen molar-refractivity contribution in [1.29, 1.82) is 0 Å². The predicted octanol–water partition coefficient (Wildman–Crippen LogP) is 5.02. The molecule has 0 fully saturated rings. The lowest BCUT2D eigenvalue weighted by molar-refractivity contribution is 0.613. The summed E-state index contributed by atoms with van der Waals surface area (Å²) in [4.78, 5) is 2.41. The summed E-state index contributed by atoms with van der Waals surface area (Å²) in [6, 6.07) is 13.6. The standard InChI is InChI=1S/C20H26N2/c1-6-14-11-12-16-19(18(14)21)22(13(2)3)17-10-8-7-9-15(17)20(16,4)5/h7-13H,6,21H2,1-5H3. The fourth-order valence-electron chi connectivity index (χ4n) is 3.74. The molecule has 2 nitrogen and oxygen atoms in total. The Balaban J connectivity index is 2.38. The van der Waals surface area contributed by atoms with Crippen LogP contribution in [-0.2, 0) is 11.8 Å². The molecule has 0 radical (unpaired) electrons. The van der Waals surface area contributed by atoms with Gasteiger partial charge >= 0.3 is 0 Å². The van der Waals surface area contributed by atoms with E-state index in [-0.39, 0.29) is 5.41 Å². The van der Waals surface area contributed by atoms with Crippen LogP contribution in [-0.4, -0.2) is 6.04 Å². The van der Waals surface area contributed by atoms with Gasteiger partial charge in [-0.2, -0.15) is 0 Å². The van der Waals surface area contributed by atoms with Crippen molar-refractivity contribution in [3.8, 4) is 0 Å². The number of benzene rings is 2. The van der Waals surface area contributed by atoms with E-state index in [9.17, 15) is 0 Å². The Hall–Kier alpha value is -1.96. The molecule has 116 valence electrons. The average Bonchev–Trinajstić information content (AvgIpc) is 2.48. The Morgan fingerprint density at radius 2 is 1.73 bits per heavy atom. The van der Waals surface area contributed by atoms with Crippen LogP contribution in [0.25, 0.3) is 0 Å². The minimum Gasteiger partial charge on any atom is -0.397 e. The normalized spacial score (nSPS) is 15.6. The molecule has 1 aliphatic heterocycles. The second-order valence-electron chi connectivity index (χ2n) is 6.99. The molecule has 0 spiro atoms. The van der Waals surface area contributed by atoms with Gasteiger partial charge in [0.25, 0.3) is 0 Å². The topological polar surface area (TPSA) is 29.3 Å². The zero-order chi connectivity index (χ0) is 16.1. The van der Waals surface area contributed by atoms with Crippen LogP contribution < -0.4 is 10.6 Å². The molecule has 0 aliphatic carbocycles. The first-order valence-electron chi connectivity index (χ1n) is 8.20. The van der Waals surface area contributed by atoms with E-state index in [1.54, 1.807) is 0 Å². The zero-order valence-corrected chi connectivity index (χ0v) is 14.3. The molecule has 2 aromatic rings. The highest BCUT2D eigenvalue weighted by Crippen LogP contribution is 2.52. The molecule has 1 heterocycles. The number of hydrogen-bond donors (Lipinski definition) is 1. The summed E-state index contributed by atoms with van der Waals surface area (Å²) >= 11 is 0. The Morgan fingerprint density at radius 1 is 1.05 bits per heavy atom. The van der Waals surface area contributed by atoms with Gasteiger partial charge in [-0.1, -0.05) is 51.1 Å². The second kappa shape index (κ2) is 5.05. The van der Waals surface area contributed by atoms with E-state index >= 15 is 0 Å².